The van der Waals surface area contributed by atoms with E-state index in [1.165, 1.54) is 19.3 Å². The predicted molar refractivity (Wildman–Crippen MR) is 63.7 cm³/mol. The average molecular weight is 222 g/mol. The SMILES string of the molecule is CC(CCC1CC1)Nc1nc(N)nc(N)n1. The molecule has 6 nitrogen and oxygen atoms in total. The molecule has 0 bridgehead atoms. The van der Waals surface area contributed by atoms with Crippen LogP contribution in [0.2, 0.25) is 0 Å². The van der Waals surface area contributed by atoms with Crippen LogP contribution in [0, 0.1) is 5.92 Å². The summed E-state index contributed by atoms with van der Waals surface area (Å²) in [5, 5.41) is 3.18. The quantitative estimate of drug-likeness (QED) is 0.687. The van der Waals surface area contributed by atoms with E-state index in [1.807, 2.05) is 0 Å². The van der Waals surface area contributed by atoms with Gasteiger partial charge in [0.1, 0.15) is 0 Å². The van der Waals surface area contributed by atoms with E-state index in [0.717, 1.165) is 12.3 Å². The molecule has 0 radical (unpaired) electrons. The summed E-state index contributed by atoms with van der Waals surface area (Å²) in [6.07, 6.45) is 5.16. The normalized spacial score (nSPS) is 17.1. The van der Waals surface area contributed by atoms with Crippen LogP contribution in [-0.2, 0) is 0 Å². The van der Waals surface area contributed by atoms with E-state index in [4.69, 9.17) is 11.5 Å². The molecule has 1 fully saturated rings. The summed E-state index contributed by atoms with van der Waals surface area (Å²) in [7, 11) is 0. The Labute approximate surface area is 94.9 Å². The van der Waals surface area contributed by atoms with Crippen molar-refractivity contribution in [2.24, 2.45) is 5.92 Å². The fourth-order valence-corrected chi connectivity index (χ4v) is 1.66. The van der Waals surface area contributed by atoms with Gasteiger partial charge in [0, 0.05) is 6.04 Å². The van der Waals surface area contributed by atoms with Crippen molar-refractivity contribution in [2.75, 3.05) is 16.8 Å². The van der Waals surface area contributed by atoms with Crippen molar-refractivity contribution in [3.63, 3.8) is 0 Å². The fraction of sp³-hybridized carbons (Fsp3) is 0.700. The largest absolute Gasteiger partial charge is 0.368 e. The standard InChI is InChI=1S/C10H18N6/c1-6(2-3-7-4-5-7)13-10-15-8(11)14-9(12)16-10/h6-7H,2-5H2,1H3,(H5,11,12,13,14,15,16). The Hall–Kier alpha value is -1.59. The lowest BCUT2D eigenvalue weighted by Gasteiger charge is -2.13. The van der Waals surface area contributed by atoms with E-state index < -0.39 is 0 Å². The van der Waals surface area contributed by atoms with Crippen molar-refractivity contribution >= 4 is 17.8 Å². The summed E-state index contributed by atoms with van der Waals surface area (Å²) in [5.74, 6) is 1.72. The lowest BCUT2D eigenvalue weighted by Crippen LogP contribution is -2.18. The lowest BCUT2D eigenvalue weighted by atomic mass is 10.1. The predicted octanol–water partition coefficient (Wildman–Crippen LogP) is 1.03. The van der Waals surface area contributed by atoms with Gasteiger partial charge in [-0.1, -0.05) is 12.8 Å². The molecule has 5 N–H and O–H groups in total. The Bertz CT molecular complexity index is 342. The summed E-state index contributed by atoms with van der Waals surface area (Å²) in [5.41, 5.74) is 11.0. The smallest absolute Gasteiger partial charge is 0.229 e. The number of nitrogen functional groups attached to an aromatic ring is 2. The van der Waals surface area contributed by atoms with Gasteiger partial charge in [-0.25, -0.2) is 0 Å². The summed E-state index contributed by atoms with van der Waals surface area (Å²) in [6.45, 7) is 2.11. The highest BCUT2D eigenvalue weighted by Crippen LogP contribution is 2.34. The van der Waals surface area contributed by atoms with Crippen LogP contribution in [0.4, 0.5) is 17.8 Å². The number of nitrogens with two attached hydrogens (primary N) is 2. The second kappa shape index (κ2) is 4.51. The first-order valence-corrected chi connectivity index (χ1v) is 5.67. The van der Waals surface area contributed by atoms with Gasteiger partial charge in [-0.2, -0.15) is 15.0 Å². The van der Waals surface area contributed by atoms with Crippen molar-refractivity contribution in [2.45, 2.75) is 38.6 Å². The monoisotopic (exact) mass is 222 g/mol. The number of nitrogens with one attached hydrogen (secondary N) is 1. The Balaban J connectivity index is 1.86. The number of hydrogen-bond donors (Lipinski definition) is 3. The fourth-order valence-electron chi connectivity index (χ4n) is 1.66. The molecule has 1 aromatic rings. The number of anilines is 3. The van der Waals surface area contributed by atoms with E-state index in [-0.39, 0.29) is 11.9 Å². The molecular formula is C10H18N6. The van der Waals surface area contributed by atoms with Crippen LogP contribution in [0.15, 0.2) is 0 Å². The minimum Gasteiger partial charge on any atom is -0.368 e. The van der Waals surface area contributed by atoms with Gasteiger partial charge in [0.05, 0.1) is 0 Å². The van der Waals surface area contributed by atoms with E-state index in [9.17, 15) is 0 Å². The van der Waals surface area contributed by atoms with Gasteiger partial charge in [0.25, 0.3) is 0 Å². The Morgan fingerprint density at radius 1 is 1.25 bits per heavy atom. The molecule has 1 heterocycles. The minimum absolute atomic E-state index is 0.157. The maximum atomic E-state index is 5.49. The van der Waals surface area contributed by atoms with Crippen molar-refractivity contribution in [1.29, 1.82) is 0 Å². The Morgan fingerprint density at radius 2 is 1.88 bits per heavy atom. The summed E-state index contributed by atoms with van der Waals surface area (Å²) in [4.78, 5) is 11.7. The van der Waals surface area contributed by atoms with Crippen molar-refractivity contribution in [3.05, 3.63) is 0 Å². The third kappa shape index (κ3) is 3.22. The summed E-state index contributed by atoms with van der Waals surface area (Å²) >= 11 is 0. The number of rotatable bonds is 5. The van der Waals surface area contributed by atoms with Crippen LogP contribution in [0.1, 0.15) is 32.6 Å². The molecular weight excluding hydrogens is 204 g/mol. The van der Waals surface area contributed by atoms with Crippen molar-refractivity contribution < 1.29 is 0 Å². The number of aromatic nitrogens is 3. The van der Waals surface area contributed by atoms with Crippen LogP contribution in [0.3, 0.4) is 0 Å². The van der Waals surface area contributed by atoms with Gasteiger partial charge in [-0.3, -0.25) is 0 Å². The van der Waals surface area contributed by atoms with Crippen LogP contribution < -0.4 is 16.8 Å². The average Bonchev–Trinajstić information content (AvgIpc) is 2.96. The first-order chi connectivity index (χ1) is 7.63. The second-order valence-corrected chi connectivity index (χ2v) is 4.44. The maximum absolute atomic E-state index is 5.49. The molecule has 2 rings (SSSR count). The maximum Gasteiger partial charge on any atom is 0.229 e. The van der Waals surface area contributed by atoms with Gasteiger partial charge in [-0.15, -0.1) is 0 Å². The molecule has 0 aliphatic heterocycles. The first-order valence-electron chi connectivity index (χ1n) is 5.67. The summed E-state index contributed by atoms with van der Waals surface area (Å²) in [6, 6.07) is 0.335. The van der Waals surface area contributed by atoms with Crippen LogP contribution in [0.5, 0.6) is 0 Å². The highest BCUT2D eigenvalue weighted by molar-refractivity contribution is 5.37. The molecule has 0 amide bonds. The third-order valence-electron chi connectivity index (χ3n) is 2.75. The van der Waals surface area contributed by atoms with E-state index in [1.54, 1.807) is 0 Å². The van der Waals surface area contributed by atoms with E-state index in [0.29, 0.717) is 12.0 Å². The van der Waals surface area contributed by atoms with Crippen molar-refractivity contribution in [3.8, 4) is 0 Å². The molecule has 1 atom stereocenters. The topological polar surface area (TPSA) is 103 Å². The van der Waals surface area contributed by atoms with Gasteiger partial charge < -0.3 is 16.8 Å². The molecule has 1 aliphatic carbocycles. The van der Waals surface area contributed by atoms with Crippen molar-refractivity contribution in [1.82, 2.24) is 15.0 Å². The summed E-state index contributed by atoms with van der Waals surface area (Å²) < 4.78 is 0. The van der Waals surface area contributed by atoms with E-state index in [2.05, 4.69) is 27.2 Å². The molecule has 0 saturated heterocycles. The molecule has 1 saturated carbocycles. The molecule has 0 spiro atoms. The molecule has 88 valence electrons. The van der Waals surface area contributed by atoms with Gasteiger partial charge >= 0.3 is 0 Å². The number of nitrogens with zero attached hydrogens (tertiary/aromatic N) is 3. The zero-order valence-corrected chi connectivity index (χ0v) is 9.48. The molecule has 6 heteroatoms. The molecule has 1 aliphatic rings. The van der Waals surface area contributed by atoms with Crippen LogP contribution in [0.25, 0.3) is 0 Å². The van der Waals surface area contributed by atoms with Crippen LogP contribution >= 0.6 is 0 Å². The van der Waals surface area contributed by atoms with Crippen LogP contribution in [-0.4, -0.2) is 21.0 Å². The van der Waals surface area contributed by atoms with E-state index >= 15 is 0 Å². The minimum atomic E-state index is 0.157. The second-order valence-electron chi connectivity index (χ2n) is 4.44. The Kier molecular flexibility index (Phi) is 3.07. The lowest BCUT2D eigenvalue weighted by molar-refractivity contribution is 0.607. The number of hydrogen-bond acceptors (Lipinski definition) is 6. The highest BCUT2D eigenvalue weighted by Gasteiger charge is 2.21. The molecule has 16 heavy (non-hydrogen) atoms. The van der Waals surface area contributed by atoms with Gasteiger partial charge in [0.2, 0.25) is 17.8 Å². The Morgan fingerprint density at radius 3 is 2.44 bits per heavy atom. The highest BCUT2D eigenvalue weighted by atomic mass is 15.2. The first kappa shape index (κ1) is 10.9. The third-order valence-corrected chi connectivity index (χ3v) is 2.75. The van der Waals surface area contributed by atoms with Gasteiger partial charge in [-0.05, 0) is 25.7 Å². The van der Waals surface area contributed by atoms with Gasteiger partial charge in [0.15, 0.2) is 0 Å². The molecule has 0 aromatic carbocycles. The zero-order valence-electron chi connectivity index (χ0n) is 9.48. The molecule has 1 unspecified atom stereocenters. The zero-order chi connectivity index (χ0) is 11.5. The molecule has 1 aromatic heterocycles.